The highest BCUT2D eigenvalue weighted by Crippen LogP contribution is 2.25. The average Bonchev–Trinajstić information content (AvgIpc) is 2.27. The van der Waals surface area contributed by atoms with E-state index >= 15 is 0 Å². The van der Waals surface area contributed by atoms with Crippen LogP contribution in [0.25, 0.3) is 0 Å². The number of nitrogens with one attached hydrogen (secondary N) is 1. The van der Waals surface area contributed by atoms with Crippen LogP contribution in [0.3, 0.4) is 0 Å². The van der Waals surface area contributed by atoms with Crippen LogP contribution >= 0.6 is 11.8 Å². The number of rotatable bonds is 4. The molecule has 104 valence electrons. The molecule has 0 radical (unpaired) electrons. The Balaban J connectivity index is 2.42. The van der Waals surface area contributed by atoms with E-state index in [9.17, 15) is 9.59 Å². The molecule has 0 saturated carbocycles. The largest absolute Gasteiger partial charge is 0.351 e. The van der Waals surface area contributed by atoms with Crippen LogP contribution < -0.4 is 11.1 Å². The highest BCUT2D eigenvalue weighted by Gasteiger charge is 2.12. The zero-order chi connectivity index (χ0) is 14.5. The molecule has 0 spiro atoms. The number of carbonyl (C=O) groups is 2. The van der Waals surface area contributed by atoms with E-state index < -0.39 is 6.03 Å². The molecular weight excluding hydrogens is 260 g/mol. The van der Waals surface area contributed by atoms with Gasteiger partial charge in [-0.25, -0.2) is 4.79 Å². The van der Waals surface area contributed by atoms with Crippen LogP contribution in [-0.4, -0.2) is 17.7 Å². The Morgan fingerprint density at radius 2 is 1.79 bits per heavy atom. The molecular formula is C14H20N2O2S. The fourth-order valence-electron chi connectivity index (χ4n) is 1.51. The Morgan fingerprint density at radius 1 is 1.21 bits per heavy atom. The summed E-state index contributed by atoms with van der Waals surface area (Å²) in [6.45, 7) is 6.51. The van der Waals surface area contributed by atoms with Gasteiger partial charge in [-0.05, 0) is 23.1 Å². The van der Waals surface area contributed by atoms with Crippen molar-refractivity contribution in [1.29, 1.82) is 0 Å². The maximum absolute atomic E-state index is 11.2. The number of primary amides is 1. The first kappa shape index (κ1) is 15.6. The lowest BCUT2D eigenvalue weighted by molar-refractivity contribution is -0.119. The van der Waals surface area contributed by atoms with E-state index in [2.05, 4.69) is 45.0 Å². The number of nitrogens with two attached hydrogens (primary N) is 1. The Morgan fingerprint density at radius 3 is 2.26 bits per heavy atom. The minimum atomic E-state index is -0.801. The molecule has 4 nitrogen and oxygen atoms in total. The molecule has 0 unspecified atom stereocenters. The number of carbonyl (C=O) groups excluding carboxylic acids is 2. The molecule has 1 rings (SSSR count). The monoisotopic (exact) mass is 280 g/mol. The number of thioether (sulfide) groups is 1. The van der Waals surface area contributed by atoms with Gasteiger partial charge in [0.15, 0.2) is 0 Å². The molecule has 0 saturated heterocycles. The SMILES string of the molecule is CC(C)(C)c1ccc(SCCC(=O)NC(N)=O)cc1. The second-order valence-corrected chi connectivity index (χ2v) is 6.45. The third kappa shape index (κ3) is 5.79. The van der Waals surface area contributed by atoms with Crippen molar-refractivity contribution in [2.75, 3.05) is 5.75 Å². The second kappa shape index (κ2) is 6.61. The van der Waals surface area contributed by atoms with Crippen LogP contribution in [0.1, 0.15) is 32.8 Å². The lowest BCUT2D eigenvalue weighted by atomic mass is 9.87. The van der Waals surface area contributed by atoms with Crippen LogP contribution in [-0.2, 0) is 10.2 Å². The van der Waals surface area contributed by atoms with Crippen molar-refractivity contribution in [3.8, 4) is 0 Å². The van der Waals surface area contributed by atoms with Gasteiger partial charge in [0.1, 0.15) is 0 Å². The Hall–Kier alpha value is -1.49. The minimum Gasteiger partial charge on any atom is -0.351 e. The molecule has 3 N–H and O–H groups in total. The van der Waals surface area contributed by atoms with Gasteiger partial charge in [-0.15, -0.1) is 11.8 Å². The maximum Gasteiger partial charge on any atom is 0.318 e. The van der Waals surface area contributed by atoms with Crippen molar-refractivity contribution < 1.29 is 9.59 Å². The molecule has 19 heavy (non-hydrogen) atoms. The van der Waals surface area contributed by atoms with Crippen molar-refractivity contribution in [3.05, 3.63) is 29.8 Å². The fraction of sp³-hybridized carbons (Fsp3) is 0.429. The summed E-state index contributed by atoms with van der Waals surface area (Å²) >= 11 is 1.58. The fourth-order valence-corrected chi connectivity index (χ4v) is 2.36. The van der Waals surface area contributed by atoms with Gasteiger partial charge in [0, 0.05) is 17.1 Å². The first-order valence-corrected chi connectivity index (χ1v) is 7.10. The summed E-state index contributed by atoms with van der Waals surface area (Å²) in [7, 11) is 0. The number of hydrogen-bond acceptors (Lipinski definition) is 3. The quantitative estimate of drug-likeness (QED) is 0.833. The van der Waals surface area contributed by atoms with Gasteiger partial charge in [0.25, 0.3) is 0 Å². The van der Waals surface area contributed by atoms with E-state index in [1.165, 1.54) is 5.56 Å². The van der Waals surface area contributed by atoms with E-state index in [1.807, 2.05) is 5.32 Å². The minimum absolute atomic E-state index is 0.143. The van der Waals surface area contributed by atoms with Crippen molar-refractivity contribution in [1.82, 2.24) is 5.32 Å². The summed E-state index contributed by atoms with van der Waals surface area (Å²) in [5.74, 6) is 0.278. The summed E-state index contributed by atoms with van der Waals surface area (Å²) in [4.78, 5) is 22.8. The molecule has 3 amide bonds. The van der Waals surface area contributed by atoms with Gasteiger partial charge in [0.05, 0.1) is 0 Å². The molecule has 5 heteroatoms. The van der Waals surface area contributed by atoms with Gasteiger partial charge < -0.3 is 5.73 Å². The third-order valence-corrected chi connectivity index (χ3v) is 3.59. The van der Waals surface area contributed by atoms with Crippen LogP contribution in [0.4, 0.5) is 4.79 Å². The molecule has 0 bridgehead atoms. The van der Waals surface area contributed by atoms with E-state index in [1.54, 1.807) is 11.8 Å². The predicted octanol–water partition coefficient (Wildman–Crippen LogP) is 2.66. The zero-order valence-corrected chi connectivity index (χ0v) is 12.3. The topological polar surface area (TPSA) is 72.2 Å². The summed E-state index contributed by atoms with van der Waals surface area (Å²) in [6.07, 6.45) is 0.272. The van der Waals surface area contributed by atoms with Gasteiger partial charge in [0.2, 0.25) is 5.91 Å². The molecule has 0 atom stereocenters. The molecule has 1 aromatic carbocycles. The predicted molar refractivity (Wildman–Crippen MR) is 78.2 cm³/mol. The summed E-state index contributed by atoms with van der Waals surface area (Å²) in [5.41, 5.74) is 6.28. The molecule has 0 aliphatic rings. The highest BCUT2D eigenvalue weighted by atomic mass is 32.2. The normalized spacial score (nSPS) is 11.1. The summed E-state index contributed by atoms with van der Waals surface area (Å²) in [5, 5.41) is 2.04. The van der Waals surface area contributed by atoms with E-state index in [0.717, 1.165) is 4.90 Å². The van der Waals surface area contributed by atoms with Crippen LogP contribution in [0.2, 0.25) is 0 Å². The van der Waals surface area contributed by atoms with Gasteiger partial charge in [-0.2, -0.15) is 0 Å². The van der Waals surface area contributed by atoms with Crippen LogP contribution in [0.15, 0.2) is 29.2 Å². The molecule has 0 aliphatic heterocycles. The Labute approximate surface area is 118 Å². The number of benzene rings is 1. The van der Waals surface area contributed by atoms with Gasteiger partial charge in [-0.1, -0.05) is 32.9 Å². The summed E-state index contributed by atoms with van der Waals surface area (Å²) in [6, 6.07) is 7.51. The van der Waals surface area contributed by atoms with Crippen molar-refractivity contribution in [2.24, 2.45) is 5.73 Å². The van der Waals surface area contributed by atoms with Crippen LogP contribution in [0.5, 0.6) is 0 Å². The van der Waals surface area contributed by atoms with Gasteiger partial charge >= 0.3 is 6.03 Å². The smallest absolute Gasteiger partial charge is 0.318 e. The van der Waals surface area contributed by atoms with Gasteiger partial charge in [-0.3, -0.25) is 10.1 Å². The molecule has 0 fully saturated rings. The molecule has 0 aliphatic carbocycles. The first-order chi connectivity index (χ1) is 8.79. The standard InChI is InChI=1S/C14H20N2O2S/c1-14(2,3)10-4-6-11(7-5-10)19-9-8-12(17)16-13(15)18/h4-7H,8-9H2,1-3H3,(H3,15,16,17,18). The Bertz CT molecular complexity index is 450. The third-order valence-electron chi connectivity index (χ3n) is 2.58. The Kier molecular flexibility index (Phi) is 5.42. The lowest BCUT2D eigenvalue weighted by Gasteiger charge is -2.19. The van der Waals surface area contributed by atoms with Crippen molar-refractivity contribution in [2.45, 2.75) is 37.5 Å². The molecule has 0 aromatic heterocycles. The number of amides is 3. The second-order valence-electron chi connectivity index (χ2n) is 5.29. The first-order valence-electron chi connectivity index (χ1n) is 6.11. The molecule has 0 heterocycles. The van der Waals surface area contributed by atoms with E-state index in [-0.39, 0.29) is 17.7 Å². The highest BCUT2D eigenvalue weighted by molar-refractivity contribution is 7.99. The zero-order valence-electron chi connectivity index (χ0n) is 11.5. The number of urea groups is 1. The summed E-state index contributed by atoms with van der Waals surface area (Å²) < 4.78 is 0. The van der Waals surface area contributed by atoms with Crippen LogP contribution in [0, 0.1) is 0 Å². The van der Waals surface area contributed by atoms with E-state index in [4.69, 9.17) is 5.73 Å². The molecule has 1 aromatic rings. The van der Waals surface area contributed by atoms with E-state index in [0.29, 0.717) is 5.75 Å². The van der Waals surface area contributed by atoms with Crippen molar-refractivity contribution >= 4 is 23.7 Å². The maximum atomic E-state index is 11.2. The van der Waals surface area contributed by atoms with Crippen molar-refractivity contribution in [3.63, 3.8) is 0 Å². The number of hydrogen-bond donors (Lipinski definition) is 2. The number of imide groups is 1. The lowest BCUT2D eigenvalue weighted by Crippen LogP contribution is -2.35. The average molecular weight is 280 g/mol.